The predicted octanol–water partition coefficient (Wildman–Crippen LogP) is 1.08. The Morgan fingerprint density at radius 1 is 1.44 bits per heavy atom. The van der Waals surface area contributed by atoms with Gasteiger partial charge < -0.3 is 10.2 Å². The van der Waals surface area contributed by atoms with Gasteiger partial charge >= 0.3 is 5.97 Å². The summed E-state index contributed by atoms with van der Waals surface area (Å²) in [7, 11) is 0. The van der Waals surface area contributed by atoms with Gasteiger partial charge in [-0.05, 0) is 32.1 Å². The van der Waals surface area contributed by atoms with Crippen LogP contribution >= 0.6 is 0 Å². The van der Waals surface area contributed by atoms with E-state index in [0.717, 1.165) is 19.3 Å². The van der Waals surface area contributed by atoms with Crippen molar-refractivity contribution in [1.29, 1.82) is 0 Å². The van der Waals surface area contributed by atoms with Gasteiger partial charge in [-0.25, -0.2) is 0 Å². The third kappa shape index (κ3) is 2.23. The molecule has 2 N–H and O–H groups in total. The molecule has 92 valence electrons. The largest absolute Gasteiger partial charge is 0.480 e. The van der Waals surface area contributed by atoms with Crippen LogP contribution in [-0.4, -0.2) is 45.8 Å². The van der Waals surface area contributed by atoms with E-state index >= 15 is 0 Å². The highest BCUT2D eigenvalue weighted by atomic mass is 16.4. The van der Waals surface area contributed by atoms with Crippen LogP contribution in [0.15, 0.2) is 0 Å². The second-order valence-electron chi connectivity index (χ2n) is 5.25. The zero-order valence-corrected chi connectivity index (χ0v) is 9.80. The number of aliphatic hydroxyl groups excluding tert-OH is 1. The molecule has 2 fully saturated rings. The molecule has 4 unspecified atom stereocenters. The van der Waals surface area contributed by atoms with Crippen molar-refractivity contribution in [1.82, 2.24) is 4.90 Å². The number of nitrogens with zero attached hydrogens (tertiary/aromatic N) is 1. The molecular formula is C12H21NO3. The molecule has 0 bridgehead atoms. The van der Waals surface area contributed by atoms with E-state index in [1.807, 2.05) is 4.90 Å². The van der Waals surface area contributed by atoms with E-state index in [1.54, 1.807) is 6.92 Å². The van der Waals surface area contributed by atoms with Crippen molar-refractivity contribution >= 4 is 5.97 Å². The van der Waals surface area contributed by atoms with Gasteiger partial charge in [0.1, 0.15) is 6.04 Å². The number of β-amino-alcohol motifs (C(OH)–C–C–N with tert-alkyl or cyclic N) is 1. The Hall–Kier alpha value is -0.610. The summed E-state index contributed by atoms with van der Waals surface area (Å²) < 4.78 is 0. The summed E-state index contributed by atoms with van der Waals surface area (Å²) in [4.78, 5) is 13.2. The zero-order chi connectivity index (χ0) is 11.7. The molecule has 4 atom stereocenters. The van der Waals surface area contributed by atoms with Crippen LogP contribution in [0.4, 0.5) is 0 Å². The van der Waals surface area contributed by atoms with Crippen molar-refractivity contribution in [2.75, 3.05) is 6.54 Å². The summed E-state index contributed by atoms with van der Waals surface area (Å²) in [5.41, 5.74) is 0. The van der Waals surface area contributed by atoms with Crippen LogP contribution in [0.3, 0.4) is 0 Å². The molecule has 2 rings (SSSR count). The monoisotopic (exact) mass is 227 g/mol. The molecule has 0 amide bonds. The molecule has 16 heavy (non-hydrogen) atoms. The fraction of sp³-hybridized carbons (Fsp3) is 0.917. The van der Waals surface area contributed by atoms with E-state index in [-0.39, 0.29) is 6.04 Å². The first kappa shape index (κ1) is 11.9. The Balaban J connectivity index is 2.11. The van der Waals surface area contributed by atoms with Crippen molar-refractivity contribution < 1.29 is 15.0 Å². The summed E-state index contributed by atoms with van der Waals surface area (Å²) in [5.74, 6) is -0.191. The summed E-state index contributed by atoms with van der Waals surface area (Å²) >= 11 is 0. The number of rotatable bonds is 3. The van der Waals surface area contributed by atoms with Crippen molar-refractivity contribution in [3.8, 4) is 0 Å². The fourth-order valence-corrected chi connectivity index (χ4v) is 3.36. The number of carbonyl (C=O) groups is 1. The average molecular weight is 227 g/mol. The molecule has 1 aliphatic heterocycles. The minimum atomic E-state index is -0.727. The highest BCUT2D eigenvalue weighted by molar-refractivity contribution is 5.74. The molecular weight excluding hydrogens is 206 g/mol. The maximum atomic E-state index is 11.2. The molecule has 0 aromatic rings. The molecule has 0 spiro atoms. The SMILES string of the molecule is CC(O)CN1C(C(=O)O)CC2CCCCC21. The van der Waals surface area contributed by atoms with Crippen LogP contribution in [0.1, 0.15) is 39.0 Å². The number of carboxylic acids is 1. The maximum absolute atomic E-state index is 11.2. The normalized spacial score (nSPS) is 37.0. The van der Waals surface area contributed by atoms with Crippen LogP contribution in [-0.2, 0) is 4.79 Å². The van der Waals surface area contributed by atoms with Gasteiger partial charge in [-0.2, -0.15) is 0 Å². The number of hydrogen-bond donors (Lipinski definition) is 2. The Morgan fingerprint density at radius 3 is 2.75 bits per heavy atom. The van der Waals surface area contributed by atoms with Crippen molar-refractivity contribution in [3.05, 3.63) is 0 Å². The molecule has 1 heterocycles. The second-order valence-corrected chi connectivity index (χ2v) is 5.25. The molecule has 4 heteroatoms. The fourth-order valence-electron chi connectivity index (χ4n) is 3.36. The minimum Gasteiger partial charge on any atom is -0.480 e. The first-order valence-electron chi connectivity index (χ1n) is 6.26. The topological polar surface area (TPSA) is 60.8 Å². The molecule has 4 nitrogen and oxygen atoms in total. The number of fused-ring (bicyclic) bond motifs is 1. The van der Waals surface area contributed by atoms with Gasteiger partial charge in [0, 0.05) is 12.6 Å². The summed E-state index contributed by atoms with van der Waals surface area (Å²) in [6.45, 7) is 2.23. The summed E-state index contributed by atoms with van der Waals surface area (Å²) in [6.07, 6.45) is 5.01. The van der Waals surface area contributed by atoms with Crippen LogP contribution in [0.2, 0.25) is 0 Å². The molecule has 0 radical (unpaired) electrons. The lowest BCUT2D eigenvalue weighted by Gasteiger charge is -2.33. The van der Waals surface area contributed by atoms with Gasteiger partial charge in [0.05, 0.1) is 6.10 Å². The third-order valence-electron chi connectivity index (χ3n) is 3.98. The van der Waals surface area contributed by atoms with Crippen molar-refractivity contribution in [2.45, 2.75) is 57.2 Å². The summed E-state index contributed by atoms with van der Waals surface area (Å²) in [6, 6.07) is 0.0205. The molecule has 1 aliphatic carbocycles. The molecule has 0 aromatic heterocycles. The Labute approximate surface area is 96.3 Å². The van der Waals surface area contributed by atoms with Gasteiger partial charge in [0.25, 0.3) is 0 Å². The van der Waals surface area contributed by atoms with Gasteiger partial charge in [0.2, 0.25) is 0 Å². The second kappa shape index (κ2) is 4.72. The van der Waals surface area contributed by atoms with Gasteiger partial charge in [-0.3, -0.25) is 9.69 Å². The predicted molar refractivity (Wildman–Crippen MR) is 60.2 cm³/mol. The molecule has 0 aromatic carbocycles. The highest BCUT2D eigenvalue weighted by Crippen LogP contribution is 2.39. The minimum absolute atomic E-state index is 0.373. The summed E-state index contributed by atoms with van der Waals surface area (Å²) in [5, 5.41) is 18.7. The lowest BCUT2D eigenvalue weighted by Crippen LogP contribution is -2.45. The Morgan fingerprint density at radius 2 is 2.12 bits per heavy atom. The van der Waals surface area contributed by atoms with Gasteiger partial charge in [-0.15, -0.1) is 0 Å². The average Bonchev–Trinajstić information content (AvgIpc) is 2.57. The third-order valence-corrected chi connectivity index (χ3v) is 3.98. The van der Waals surface area contributed by atoms with Crippen LogP contribution in [0, 0.1) is 5.92 Å². The Kier molecular flexibility index (Phi) is 3.50. The standard InChI is InChI=1S/C12H21NO3/c1-8(14)7-13-10-5-3-2-4-9(10)6-11(13)12(15)16/h8-11,14H,2-7H2,1H3,(H,15,16). The molecule has 2 aliphatic rings. The smallest absolute Gasteiger partial charge is 0.320 e. The van der Waals surface area contributed by atoms with Gasteiger partial charge in [0.15, 0.2) is 0 Å². The zero-order valence-electron chi connectivity index (χ0n) is 9.80. The van der Waals surface area contributed by atoms with E-state index < -0.39 is 12.1 Å². The van der Waals surface area contributed by atoms with Gasteiger partial charge in [-0.1, -0.05) is 12.8 Å². The maximum Gasteiger partial charge on any atom is 0.320 e. The number of carboxylic acid groups (broad SMARTS) is 1. The number of aliphatic carboxylic acids is 1. The van der Waals surface area contributed by atoms with Crippen LogP contribution in [0.25, 0.3) is 0 Å². The first-order chi connectivity index (χ1) is 7.59. The first-order valence-corrected chi connectivity index (χ1v) is 6.26. The van der Waals surface area contributed by atoms with Crippen molar-refractivity contribution in [2.24, 2.45) is 5.92 Å². The highest BCUT2D eigenvalue weighted by Gasteiger charge is 2.45. The Bertz CT molecular complexity index is 267. The van der Waals surface area contributed by atoms with E-state index in [0.29, 0.717) is 18.5 Å². The van der Waals surface area contributed by atoms with E-state index in [4.69, 9.17) is 0 Å². The van der Waals surface area contributed by atoms with Crippen LogP contribution < -0.4 is 0 Å². The molecule has 1 saturated heterocycles. The number of hydrogen-bond acceptors (Lipinski definition) is 3. The number of aliphatic hydroxyl groups is 1. The van der Waals surface area contributed by atoms with E-state index in [2.05, 4.69) is 0 Å². The van der Waals surface area contributed by atoms with E-state index in [1.165, 1.54) is 12.8 Å². The number of likely N-dealkylation sites (tertiary alicyclic amines) is 1. The lowest BCUT2D eigenvalue weighted by atomic mass is 9.85. The van der Waals surface area contributed by atoms with Crippen LogP contribution in [0.5, 0.6) is 0 Å². The van der Waals surface area contributed by atoms with E-state index in [9.17, 15) is 15.0 Å². The van der Waals surface area contributed by atoms with Crippen molar-refractivity contribution in [3.63, 3.8) is 0 Å². The lowest BCUT2D eigenvalue weighted by molar-refractivity contribution is -0.143. The quantitative estimate of drug-likeness (QED) is 0.757. The molecule has 1 saturated carbocycles.